The van der Waals surface area contributed by atoms with Gasteiger partial charge in [0.15, 0.2) is 0 Å². The molecule has 8 heteroatoms. The molecule has 1 amide bonds. The molecular formula is C20H21F4N3O. The molecule has 2 aromatic carbocycles. The van der Waals surface area contributed by atoms with E-state index in [9.17, 15) is 22.4 Å². The van der Waals surface area contributed by atoms with Crippen LogP contribution in [0, 0.1) is 5.82 Å². The molecule has 0 unspecified atom stereocenters. The van der Waals surface area contributed by atoms with E-state index < -0.39 is 17.6 Å². The van der Waals surface area contributed by atoms with Crippen LogP contribution in [0.2, 0.25) is 0 Å². The molecule has 1 saturated heterocycles. The summed E-state index contributed by atoms with van der Waals surface area (Å²) in [5.74, 6) is -0.777. The number of nitrogens with zero attached hydrogens (tertiary/aromatic N) is 2. The lowest BCUT2D eigenvalue weighted by Crippen LogP contribution is -2.48. The molecule has 0 aliphatic carbocycles. The Morgan fingerprint density at radius 2 is 1.71 bits per heavy atom. The fourth-order valence-corrected chi connectivity index (χ4v) is 3.19. The Balaban J connectivity index is 1.45. The second-order valence-corrected chi connectivity index (χ2v) is 6.61. The molecule has 150 valence electrons. The number of carbonyl (C=O) groups excluding carboxylic acids is 1. The van der Waals surface area contributed by atoms with Gasteiger partial charge in [-0.15, -0.1) is 0 Å². The number of benzene rings is 2. The predicted octanol–water partition coefficient (Wildman–Crippen LogP) is 3.40. The largest absolute Gasteiger partial charge is 0.416 e. The molecule has 1 aliphatic heterocycles. The normalized spacial score (nSPS) is 15.5. The Hall–Kier alpha value is -2.61. The van der Waals surface area contributed by atoms with Crippen LogP contribution >= 0.6 is 0 Å². The van der Waals surface area contributed by atoms with Crippen LogP contribution < -0.4 is 10.2 Å². The number of piperazine rings is 1. The van der Waals surface area contributed by atoms with E-state index in [1.807, 2.05) is 4.90 Å². The lowest BCUT2D eigenvalue weighted by atomic mass is 10.1. The van der Waals surface area contributed by atoms with Crippen LogP contribution in [0.1, 0.15) is 15.9 Å². The van der Waals surface area contributed by atoms with Gasteiger partial charge in [0.2, 0.25) is 0 Å². The van der Waals surface area contributed by atoms with Gasteiger partial charge >= 0.3 is 6.18 Å². The number of carbonyl (C=O) groups is 1. The minimum atomic E-state index is -4.48. The first-order chi connectivity index (χ1) is 13.3. The maximum absolute atomic E-state index is 13.9. The quantitative estimate of drug-likeness (QED) is 0.789. The summed E-state index contributed by atoms with van der Waals surface area (Å²) in [7, 11) is 0. The Bertz CT molecular complexity index is 817. The van der Waals surface area contributed by atoms with Crippen molar-refractivity contribution >= 4 is 11.6 Å². The molecule has 28 heavy (non-hydrogen) atoms. The van der Waals surface area contributed by atoms with Crippen molar-refractivity contribution in [3.63, 3.8) is 0 Å². The smallest absolute Gasteiger partial charge is 0.367 e. The highest BCUT2D eigenvalue weighted by molar-refractivity contribution is 5.94. The van der Waals surface area contributed by atoms with E-state index in [2.05, 4.69) is 10.2 Å². The van der Waals surface area contributed by atoms with E-state index >= 15 is 0 Å². The number of hydrogen-bond acceptors (Lipinski definition) is 3. The van der Waals surface area contributed by atoms with Crippen LogP contribution in [0.25, 0.3) is 0 Å². The Morgan fingerprint density at radius 1 is 1.00 bits per heavy atom. The van der Waals surface area contributed by atoms with E-state index in [0.29, 0.717) is 45.0 Å². The van der Waals surface area contributed by atoms with Crippen LogP contribution in [0.3, 0.4) is 0 Å². The van der Waals surface area contributed by atoms with Crippen molar-refractivity contribution in [2.24, 2.45) is 0 Å². The van der Waals surface area contributed by atoms with Gasteiger partial charge in [0.05, 0.1) is 11.3 Å². The molecule has 0 aromatic heterocycles. The van der Waals surface area contributed by atoms with Gasteiger partial charge in [0.1, 0.15) is 5.82 Å². The lowest BCUT2D eigenvalue weighted by molar-refractivity contribution is -0.137. The summed E-state index contributed by atoms with van der Waals surface area (Å²) in [5.41, 5.74) is -0.274. The van der Waals surface area contributed by atoms with E-state index in [1.54, 1.807) is 18.2 Å². The van der Waals surface area contributed by atoms with Gasteiger partial charge in [0.25, 0.3) is 5.91 Å². The minimum absolute atomic E-state index is 0.0146. The zero-order valence-electron chi connectivity index (χ0n) is 15.2. The fraction of sp³-hybridized carbons (Fsp3) is 0.350. The van der Waals surface area contributed by atoms with Gasteiger partial charge in [-0.3, -0.25) is 9.69 Å². The van der Waals surface area contributed by atoms with Gasteiger partial charge in [-0.2, -0.15) is 13.2 Å². The third kappa shape index (κ3) is 5.01. The molecule has 4 nitrogen and oxygen atoms in total. The molecule has 0 saturated carbocycles. The topological polar surface area (TPSA) is 35.6 Å². The molecule has 0 atom stereocenters. The summed E-state index contributed by atoms with van der Waals surface area (Å²) in [4.78, 5) is 16.2. The number of amides is 1. The molecule has 3 rings (SSSR count). The van der Waals surface area contributed by atoms with Gasteiger partial charge in [-0.05, 0) is 30.3 Å². The molecular weight excluding hydrogens is 374 g/mol. The zero-order chi connectivity index (χ0) is 20.1. The Morgan fingerprint density at radius 3 is 2.39 bits per heavy atom. The molecule has 0 bridgehead atoms. The molecule has 1 aliphatic rings. The molecule has 1 fully saturated rings. The van der Waals surface area contributed by atoms with E-state index in [-0.39, 0.29) is 11.4 Å². The van der Waals surface area contributed by atoms with Gasteiger partial charge in [0, 0.05) is 44.8 Å². The number of anilines is 1. The van der Waals surface area contributed by atoms with Crippen molar-refractivity contribution in [2.45, 2.75) is 6.18 Å². The maximum atomic E-state index is 13.9. The van der Waals surface area contributed by atoms with Crippen LogP contribution in [0.4, 0.5) is 23.2 Å². The second-order valence-electron chi connectivity index (χ2n) is 6.61. The first-order valence-electron chi connectivity index (χ1n) is 9.02. The fourth-order valence-electron chi connectivity index (χ4n) is 3.19. The van der Waals surface area contributed by atoms with Crippen LogP contribution in [0.5, 0.6) is 0 Å². The molecule has 2 aromatic rings. The second kappa shape index (κ2) is 8.60. The third-order valence-electron chi connectivity index (χ3n) is 4.73. The third-order valence-corrected chi connectivity index (χ3v) is 4.73. The van der Waals surface area contributed by atoms with Crippen LogP contribution in [0.15, 0.2) is 48.5 Å². The SMILES string of the molecule is O=C(NCCN1CCN(c2ccccc2F)CC1)c1cccc(C(F)(F)F)c1. The summed E-state index contributed by atoms with van der Waals surface area (Å²) in [6, 6.07) is 11.0. The van der Waals surface area contributed by atoms with Crippen molar-refractivity contribution in [1.82, 2.24) is 10.2 Å². The summed E-state index contributed by atoms with van der Waals surface area (Å²) >= 11 is 0. The number of alkyl halides is 3. The van der Waals surface area contributed by atoms with Crippen molar-refractivity contribution < 1.29 is 22.4 Å². The first kappa shape index (κ1) is 20.1. The average Bonchev–Trinajstić information content (AvgIpc) is 2.68. The molecule has 0 radical (unpaired) electrons. The first-order valence-corrected chi connectivity index (χ1v) is 9.02. The Kier molecular flexibility index (Phi) is 6.18. The van der Waals surface area contributed by atoms with Crippen molar-refractivity contribution in [3.8, 4) is 0 Å². The predicted molar refractivity (Wildman–Crippen MR) is 98.8 cm³/mol. The highest BCUT2D eigenvalue weighted by Gasteiger charge is 2.30. The van der Waals surface area contributed by atoms with E-state index in [4.69, 9.17) is 0 Å². The summed E-state index contributed by atoms with van der Waals surface area (Å²) in [6.45, 7) is 3.68. The number of nitrogens with one attached hydrogen (secondary N) is 1. The number of para-hydroxylation sites is 1. The maximum Gasteiger partial charge on any atom is 0.416 e. The monoisotopic (exact) mass is 395 g/mol. The highest BCUT2D eigenvalue weighted by Crippen LogP contribution is 2.29. The van der Waals surface area contributed by atoms with Gasteiger partial charge in [-0.25, -0.2) is 4.39 Å². The van der Waals surface area contributed by atoms with Gasteiger partial charge in [-0.1, -0.05) is 18.2 Å². The highest BCUT2D eigenvalue weighted by atomic mass is 19.4. The van der Waals surface area contributed by atoms with E-state index in [0.717, 1.165) is 12.1 Å². The average molecular weight is 395 g/mol. The van der Waals surface area contributed by atoms with Crippen LogP contribution in [-0.4, -0.2) is 50.1 Å². The van der Waals surface area contributed by atoms with Crippen molar-refractivity contribution in [2.75, 3.05) is 44.2 Å². The molecule has 1 heterocycles. The lowest BCUT2D eigenvalue weighted by Gasteiger charge is -2.36. The van der Waals surface area contributed by atoms with Crippen molar-refractivity contribution in [1.29, 1.82) is 0 Å². The number of rotatable bonds is 5. The summed E-state index contributed by atoms with van der Waals surface area (Å²) in [6.07, 6.45) is -4.48. The number of halogens is 4. The van der Waals surface area contributed by atoms with E-state index in [1.165, 1.54) is 18.2 Å². The van der Waals surface area contributed by atoms with Crippen LogP contribution in [-0.2, 0) is 6.18 Å². The zero-order valence-corrected chi connectivity index (χ0v) is 15.2. The summed E-state index contributed by atoms with van der Waals surface area (Å²) < 4.78 is 52.1. The number of hydrogen-bond donors (Lipinski definition) is 1. The Labute approximate surface area is 160 Å². The minimum Gasteiger partial charge on any atom is -0.367 e. The standard InChI is InChI=1S/C20H21F4N3O/c21-17-6-1-2-7-18(17)27-12-10-26(11-13-27)9-8-25-19(28)15-4-3-5-16(14-15)20(22,23)24/h1-7,14H,8-13H2,(H,25,28). The summed E-state index contributed by atoms with van der Waals surface area (Å²) in [5, 5.41) is 2.66. The molecule has 1 N–H and O–H groups in total. The molecule has 0 spiro atoms. The van der Waals surface area contributed by atoms with Crippen molar-refractivity contribution in [3.05, 3.63) is 65.5 Å². The van der Waals surface area contributed by atoms with Gasteiger partial charge < -0.3 is 10.2 Å².